The van der Waals surface area contributed by atoms with E-state index in [0.717, 1.165) is 10.2 Å². The molecule has 2 aromatic rings. The second-order valence-electron chi connectivity index (χ2n) is 2.17. The van der Waals surface area contributed by atoms with Crippen molar-refractivity contribution in [2.75, 3.05) is 5.48 Å². The maximum atomic E-state index is 5.02. The average Bonchev–Trinajstić information content (AvgIpc) is 2.47. The van der Waals surface area contributed by atoms with E-state index in [0.29, 0.717) is 5.13 Å². The molecule has 0 aliphatic carbocycles. The lowest BCUT2D eigenvalue weighted by atomic mass is 10.3. The van der Waals surface area contributed by atoms with Crippen LogP contribution in [-0.4, -0.2) is 4.98 Å². The molecule has 1 aromatic carbocycles. The predicted octanol–water partition coefficient (Wildman–Crippen LogP) is 2.79. The van der Waals surface area contributed by atoms with E-state index in [4.69, 9.17) is 11.9 Å². The summed E-state index contributed by atoms with van der Waals surface area (Å²) in [6.07, 6.45) is 0. The van der Waals surface area contributed by atoms with E-state index < -0.39 is 0 Å². The highest BCUT2D eigenvalue weighted by Gasteiger charge is 2.00. The van der Waals surface area contributed by atoms with Crippen LogP contribution >= 0.6 is 23.2 Å². The number of halogens is 1. The first-order valence-electron chi connectivity index (χ1n) is 3.29. The van der Waals surface area contributed by atoms with Crippen molar-refractivity contribution in [2.45, 2.75) is 0 Å². The summed E-state index contributed by atoms with van der Waals surface area (Å²) in [7, 11) is 0. The molecule has 0 spiro atoms. The largest absolute Gasteiger partial charge is 0.221 e. The summed E-state index contributed by atoms with van der Waals surface area (Å²) >= 11 is 6.51. The van der Waals surface area contributed by atoms with Crippen molar-refractivity contribution in [3.63, 3.8) is 0 Å². The van der Waals surface area contributed by atoms with Gasteiger partial charge in [-0.15, -0.1) is 0 Å². The number of nitrogens with one attached hydrogen (secondary N) is 1. The van der Waals surface area contributed by atoms with Gasteiger partial charge in [0.05, 0.1) is 22.1 Å². The fraction of sp³-hybridized carbons (Fsp3) is 0. The van der Waals surface area contributed by atoms with Crippen molar-refractivity contribution >= 4 is 38.6 Å². The minimum absolute atomic E-state index is 0.659. The first kappa shape index (κ1) is 7.79. The molecule has 2 rings (SSSR count). The molecule has 1 heterocycles. The summed E-state index contributed by atoms with van der Waals surface area (Å²) in [5.74, 6) is 0. The van der Waals surface area contributed by atoms with Gasteiger partial charge in [0, 0.05) is 0 Å². The number of aromatic nitrogens is 1. The molecule has 5 heteroatoms. The molecule has 62 valence electrons. The lowest BCUT2D eigenvalue weighted by molar-refractivity contribution is 0.451. The third-order valence-corrected chi connectivity index (χ3v) is 2.43. The van der Waals surface area contributed by atoms with Gasteiger partial charge in [-0.3, -0.25) is 0 Å². The number of fused-ring (bicyclic) bond motifs is 1. The summed E-state index contributed by atoms with van der Waals surface area (Å²) in [5, 5.41) is 0.659. The molecule has 0 atom stereocenters. The van der Waals surface area contributed by atoms with E-state index in [1.54, 1.807) is 0 Å². The Hall–Kier alpha value is -0.840. The quantitative estimate of drug-likeness (QED) is 0.757. The number of thiazole rings is 1. The van der Waals surface area contributed by atoms with E-state index in [1.807, 2.05) is 24.3 Å². The molecule has 0 bridgehead atoms. The Morgan fingerprint density at radius 3 is 3.00 bits per heavy atom. The minimum Gasteiger partial charge on any atom is -0.221 e. The average molecular weight is 201 g/mol. The van der Waals surface area contributed by atoms with Crippen molar-refractivity contribution in [3.8, 4) is 0 Å². The number of hydrogen-bond donors (Lipinski definition) is 1. The molecule has 0 unspecified atom stereocenters. The molecular weight excluding hydrogens is 196 g/mol. The second-order valence-corrected chi connectivity index (χ2v) is 3.35. The van der Waals surface area contributed by atoms with Gasteiger partial charge in [-0.1, -0.05) is 23.5 Å². The van der Waals surface area contributed by atoms with Crippen molar-refractivity contribution in [1.29, 1.82) is 0 Å². The zero-order valence-electron chi connectivity index (χ0n) is 5.95. The van der Waals surface area contributed by atoms with E-state index in [1.165, 1.54) is 11.3 Å². The van der Waals surface area contributed by atoms with Crippen LogP contribution in [0.15, 0.2) is 24.3 Å². The molecule has 0 aliphatic heterocycles. The molecule has 0 saturated heterocycles. The maximum absolute atomic E-state index is 5.02. The Labute approximate surface area is 78.1 Å². The zero-order chi connectivity index (χ0) is 8.39. The van der Waals surface area contributed by atoms with Crippen LogP contribution < -0.4 is 5.48 Å². The molecule has 1 aromatic heterocycles. The predicted molar refractivity (Wildman–Crippen MR) is 50.2 cm³/mol. The standard InChI is InChI=1S/C7H5ClN2OS/c8-11-10-7-9-5-3-1-2-4-6(5)12-7/h1-4H,(H,9,10). The van der Waals surface area contributed by atoms with Gasteiger partial charge < -0.3 is 0 Å². The second kappa shape index (κ2) is 3.26. The lowest BCUT2D eigenvalue weighted by Crippen LogP contribution is -1.88. The van der Waals surface area contributed by atoms with E-state index in [-0.39, 0.29) is 0 Å². The topological polar surface area (TPSA) is 34.1 Å². The van der Waals surface area contributed by atoms with Crippen LogP contribution in [0.3, 0.4) is 0 Å². The van der Waals surface area contributed by atoms with Gasteiger partial charge >= 0.3 is 0 Å². The molecule has 0 aliphatic rings. The Morgan fingerprint density at radius 2 is 2.25 bits per heavy atom. The monoisotopic (exact) mass is 200 g/mol. The van der Waals surface area contributed by atoms with E-state index >= 15 is 0 Å². The summed E-state index contributed by atoms with van der Waals surface area (Å²) in [6.45, 7) is 0. The summed E-state index contributed by atoms with van der Waals surface area (Å²) < 4.78 is 5.33. The maximum Gasteiger partial charge on any atom is 0.209 e. The first-order valence-corrected chi connectivity index (χ1v) is 4.42. The van der Waals surface area contributed by atoms with Crippen molar-refractivity contribution in [2.24, 2.45) is 0 Å². The van der Waals surface area contributed by atoms with Crippen LogP contribution in [0.1, 0.15) is 0 Å². The van der Waals surface area contributed by atoms with Gasteiger partial charge in [-0.2, -0.15) is 4.39 Å². The van der Waals surface area contributed by atoms with Gasteiger partial charge in [-0.05, 0) is 12.1 Å². The van der Waals surface area contributed by atoms with Gasteiger partial charge in [0.25, 0.3) is 0 Å². The smallest absolute Gasteiger partial charge is 0.209 e. The van der Waals surface area contributed by atoms with Crippen molar-refractivity contribution < 1.29 is 4.39 Å². The van der Waals surface area contributed by atoms with Crippen LogP contribution in [0.5, 0.6) is 0 Å². The highest BCUT2D eigenvalue weighted by atomic mass is 35.5. The number of benzene rings is 1. The molecular formula is C7H5ClN2OS. The van der Waals surface area contributed by atoms with E-state index in [2.05, 4.69) is 14.9 Å². The Kier molecular flexibility index (Phi) is 2.12. The summed E-state index contributed by atoms with van der Waals surface area (Å²) in [6, 6.07) is 7.83. The number of rotatable bonds is 2. The van der Waals surface area contributed by atoms with Gasteiger partial charge in [0.2, 0.25) is 5.13 Å². The first-order chi connectivity index (χ1) is 5.90. The normalized spacial score (nSPS) is 10.4. The highest BCUT2D eigenvalue weighted by molar-refractivity contribution is 7.22. The molecule has 0 amide bonds. The summed E-state index contributed by atoms with van der Waals surface area (Å²) in [5.41, 5.74) is 3.41. The number of para-hydroxylation sites is 1. The summed E-state index contributed by atoms with van der Waals surface area (Å²) in [4.78, 5) is 4.20. The van der Waals surface area contributed by atoms with Gasteiger partial charge in [-0.25, -0.2) is 10.5 Å². The molecule has 0 fully saturated rings. The third-order valence-electron chi connectivity index (χ3n) is 1.42. The van der Waals surface area contributed by atoms with Gasteiger partial charge in [0.15, 0.2) is 0 Å². The number of anilines is 1. The van der Waals surface area contributed by atoms with Crippen molar-refractivity contribution in [3.05, 3.63) is 24.3 Å². The van der Waals surface area contributed by atoms with Crippen LogP contribution in [-0.2, 0) is 4.39 Å². The molecule has 12 heavy (non-hydrogen) atoms. The van der Waals surface area contributed by atoms with Crippen LogP contribution in [0.4, 0.5) is 5.13 Å². The number of hydrogen-bond acceptors (Lipinski definition) is 4. The molecule has 1 N–H and O–H groups in total. The van der Waals surface area contributed by atoms with E-state index in [9.17, 15) is 0 Å². The Balaban J connectivity index is 2.47. The number of nitrogens with zero attached hydrogens (tertiary/aromatic N) is 1. The van der Waals surface area contributed by atoms with Gasteiger partial charge in [0.1, 0.15) is 0 Å². The van der Waals surface area contributed by atoms with Crippen LogP contribution in [0.2, 0.25) is 0 Å². The minimum atomic E-state index is 0.659. The Morgan fingerprint density at radius 1 is 1.42 bits per heavy atom. The van der Waals surface area contributed by atoms with Crippen LogP contribution in [0, 0.1) is 0 Å². The Bertz CT molecular complexity index is 357. The molecule has 0 saturated carbocycles. The van der Waals surface area contributed by atoms with Crippen molar-refractivity contribution in [1.82, 2.24) is 4.98 Å². The fourth-order valence-electron chi connectivity index (χ4n) is 0.949. The SMILES string of the molecule is ClONc1nc2ccccc2s1. The zero-order valence-corrected chi connectivity index (χ0v) is 7.52. The molecule has 3 nitrogen and oxygen atoms in total. The fourth-order valence-corrected chi connectivity index (χ4v) is 1.87. The molecule has 0 radical (unpaired) electrons. The highest BCUT2D eigenvalue weighted by Crippen LogP contribution is 2.25. The third kappa shape index (κ3) is 1.36. The van der Waals surface area contributed by atoms with Crippen LogP contribution in [0.25, 0.3) is 10.2 Å². The lowest BCUT2D eigenvalue weighted by Gasteiger charge is -1.89.